The molecule has 1 aliphatic heterocycles. The summed E-state index contributed by atoms with van der Waals surface area (Å²) in [5, 5.41) is 2.73. The van der Waals surface area contributed by atoms with Crippen LogP contribution >= 0.6 is 0 Å². The Bertz CT molecular complexity index is 820. The van der Waals surface area contributed by atoms with E-state index in [1.807, 2.05) is 31.2 Å². The Morgan fingerprint density at radius 2 is 2.00 bits per heavy atom. The SMILES string of the molecule is COCC(=O)Nc1ccc2c(c1)N(CCOc1ccc(C)cc1)C(=O)CO2. The first-order chi connectivity index (χ1) is 13.1. The Morgan fingerprint density at radius 3 is 2.74 bits per heavy atom. The molecule has 1 heterocycles. The number of benzene rings is 2. The number of carbonyl (C=O) groups is 2. The lowest BCUT2D eigenvalue weighted by molar-refractivity contribution is -0.121. The summed E-state index contributed by atoms with van der Waals surface area (Å²) in [7, 11) is 1.45. The molecule has 0 spiro atoms. The summed E-state index contributed by atoms with van der Waals surface area (Å²) in [5.41, 5.74) is 2.33. The first-order valence-electron chi connectivity index (χ1n) is 8.62. The number of carbonyl (C=O) groups excluding carboxylic acids is 2. The minimum atomic E-state index is -0.269. The molecule has 1 N–H and O–H groups in total. The second-order valence-electron chi connectivity index (χ2n) is 6.16. The maximum atomic E-state index is 12.3. The van der Waals surface area contributed by atoms with Crippen LogP contribution in [0.2, 0.25) is 0 Å². The Balaban J connectivity index is 1.69. The molecule has 0 atom stereocenters. The number of nitrogens with one attached hydrogen (secondary N) is 1. The van der Waals surface area contributed by atoms with Crippen molar-refractivity contribution in [1.82, 2.24) is 0 Å². The van der Waals surface area contributed by atoms with Crippen LogP contribution in [0.5, 0.6) is 11.5 Å². The normalized spacial score (nSPS) is 13.0. The van der Waals surface area contributed by atoms with E-state index < -0.39 is 0 Å². The molecule has 3 rings (SSSR count). The van der Waals surface area contributed by atoms with E-state index in [2.05, 4.69) is 5.32 Å². The van der Waals surface area contributed by atoms with Crippen LogP contribution in [-0.4, -0.2) is 45.3 Å². The third kappa shape index (κ3) is 4.77. The van der Waals surface area contributed by atoms with Crippen LogP contribution < -0.4 is 19.7 Å². The van der Waals surface area contributed by atoms with Gasteiger partial charge in [0.25, 0.3) is 5.91 Å². The van der Waals surface area contributed by atoms with Crippen molar-refractivity contribution in [1.29, 1.82) is 0 Å². The molecule has 0 saturated heterocycles. The van der Waals surface area contributed by atoms with Crippen LogP contribution in [0.1, 0.15) is 5.56 Å². The van der Waals surface area contributed by atoms with E-state index in [9.17, 15) is 9.59 Å². The minimum Gasteiger partial charge on any atom is -0.492 e. The van der Waals surface area contributed by atoms with Gasteiger partial charge in [0.05, 0.1) is 12.2 Å². The van der Waals surface area contributed by atoms with E-state index in [-0.39, 0.29) is 25.0 Å². The zero-order valence-corrected chi connectivity index (χ0v) is 15.4. The van der Waals surface area contributed by atoms with Crippen LogP contribution in [0.25, 0.3) is 0 Å². The monoisotopic (exact) mass is 370 g/mol. The molecule has 0 radical (unpaired) electrons. The highest BCUT2D eigenvalue weighted by atomic mass is 16.5. The smallest absolute Gasteiger partial charge is 0.265 e. The molecule has 0 unspecified atom stereocenters. The van der Waals surface area contributed by atoms with Gasteiger partial charge in [-0.2, -0.15) is 0 Å². The van der Waals surface area contributed by atoms with Gasteiger partial charge >= 0.3 is 0 Å². The van der Waals surface area contributed by atoms with Crippen molar-refractivity contribution in [3.8, 4) is 11.5 Å². The number of fused-ring (bicyclic) bond motifs is 1. The van der Waals surface area contributed by atoms with Crippen molar-refractivity contribution >= 4 is 23.2 Å². The molecule has 1 aliphatic rings. The number of hydrogen-bond donors (Lipinski definition) is 1. The van der Waals surface area contributed by atoms with Gasteiger partial charge < -0.3 is 24.4 Å². The number of ether oxygens (including phenoxy) is 3. The lowest BCUT2D eigenvalue weighted by atomic mass is 10.2. The lowest BCUT2D eigenvalue weighted by Gasteiger charge is -2.29. The Labute approximate surface area is 157 Å². The number of hydrogen-bond acceptors (Lipinski definition) is 5. The van der Waals surface area contributed by atoms with Gasteiger partial charge in [0.15, 0.2) is 6.61 Å². The maximum Gasteiger partial charge on any atom is 0.265 e. The number of aryl methyl sites for hydroxylation is 1. The molecule has 2 aromatic carbocycles. The highest BCUT2D eigenvalue weighted by molar-refractivity contribution is 5.99. The minimum absolute atomic E-state index is 0.0209. The van der Waals surface area contributed by atoms with Crippen LogP contribution in [-0.2, 0) is 14.3 Å². The average Bonchev–Trinajstić information content (AvgIpc) is 2.65. The molecule has 2 amide bonds. The van der Waals surface area contributed by atoms with Crippen LogP contribution in [0.15, 0.2) is 42.5 Å². The van der Waals surface area contributed by atoms with E-state index in [1.165, 1.54) is 7.11 Å². The standard InChI is InChI=1S/C20H22N2O5/c1-14-3-6-16(7-4-14)26-10-9-22-17-11-15(21-19(23)12-25-2)5-8-18(17)27-13-20(22)24/h3-8,11H,9-10,12-13H2,1-2H3,(H,21,23). The molecule has 0 saturated carbocycles. The third-order valence-electron chi connectivity index (χ3n) is 4.07. The topological polar surface area (TPSA) is 77.1 Å². The van der Waals surface area contributed by atoms with Crippen LogP contribution in [0, 0.1) is 6.92 Å². The molecular weight excluding hydrogens is 348 g/mol. The lowest BCUT2D eigenvalue weighted by Crippen LogP contribution is -2.41. The molecule has 2 aromatic rings. The van der Waals surface area contributed by atoms with Crippen LogP contribution in [0.3, 0.4) is 0 Å². The first kappa shape index (κ1) is 18.7. The van der Waals surface area contributed by atoms with Crippen LogP contribution in [0.4, 0.5) is 11.4 Å². The van der Waals surface area contributed by atoms with E-state index >= 15 is 0 Å². The molecule has 142 valence electrons. The largest absolute Gasteiger partial charge is 0.492 e. The van der Waals surface area contributed by atoms with Crippen molar-refractivity contribution in [3.63, 3.8) is 0 Å². The van der Waals surface area contributed by atoms with Gasteiger partial charge in [-0.1, -0.05) is 17.7 Å². The Kier molecular flexibility index (Phi) is 5.93. The number of methoxy groups -OCH3 is 1. The van der Waals surface area contributed by atoms with Gasteiger partial charge in [-0.15, -0.1) is 0 Å². The Morgan fingerprint density at radius 1 is 1.22 bits per heavy atom. The quantitative estimate of drug-likeness (QED) is 0.810. The molecule has 27 heavy (non-hydrogen) atoms. The van der Waals surface area contributed by atoms with E-state index in [0.29, 0.717) is 30.3 Å². The first-order valence-corrected chi connectivity index (χ1v) is 8.62. The second-order valence-corrected chi connectivity index (χ2v) is 6.16. The molecule has 0 aromatic heterocycles. The number of amides is 2. The fourth-order valence-electron chi connectivity index (χ4n) is 2.74. The van der Waals surface area contributed by atoms with Crippen molar-refractivity contribution in [2.45, 2.75) is 6.92 Å². The zero-order valence-electron chi connectivity index (χ0n) is 15.4. The molecular formula is C20H22N2O5. The predicted molar refractivity (Wildman–Crippen MR) is 101 cm³/mol. The van der Waals surface area contributed by atoms with Crippen molar-refractivity contribution in [2.75, 3.05) is 43.7 Å². The molecule has 0 fully saturated rings. The summed E-state index contributed by atoms with van der Waals surface area (Å²) >= 11 is 0. The second kappa shape index (κ2) is 8.55. The van der Waals surface area contributed by atoms with Crippen molar-refractivity contribution in [3.05, 3.63) is 48.0 Å². The zero-order chi connectivity index (χ0) is 19.2. The van der Waals surface area contributed by atoms with Crippen molar-refractivity contribution in [2.24, 2.45) is 0 Å². The number of rotatable bonds is 7. The van der Waals surface area contributed by atoms with Gasteiger partial charge in [0.2, 0.25) is 5.91 Å². The average molecular weight is 370 g/mol. The fourth-order valence-corrected chi connectivity index (χ4v) is 2.74. The molecule has 7 nitrogen and oxygen atoms in total. The maximum absolute atomic E-state index is 12.3. The molecule has 0 bridgehead atoms. The van der Waals surface area contributed by atoms with Gasteiger partial charge in [0.1, 0.15) is 24.7 Å². The number of anilines is 2. The summed E-state index contributed by atoms with van der Waals surface area (Å²) in [6.07, 6.45) is 0. The van der Waals surface area contributed by atoms with Gasteiger partial charge in [-0.3, -0.25) is 9.59 Å². The summed E-state index contributed by atoms with van der Waals surface area (Å²) in [6.45, 7) is 2.66. The summed E-state index contributed by atoms with van der Waals surface area (Å²) in [5.74, 6) is 0.918. The Hall–Kier alpha value is -3.06. The predicted octanol–water partition coefficient (Wildman–Crippen LogP) is 2.38. The number of nitrogens with zero attached hydrogens (tertiary/aromatic N) is 1. The van der Waals surface area contributed by atoms with Gasteiger partial charge in [0, 0.05) is 12.8 Å². The van der Waals surface area contributed by atoms with Gasteiger partial charge in [-0.05, 0) is 37.3 Å². The van der Waals surface area contributed by atoms with Crippen molar-refractivity contribution < 1.29 is 23.8 Å². The molecule has 7 heteroatoms. The fraction of sp³-hybridized carbons (Fsp3) is 0.300. The van der Waals surface area contributed by atoms with E-state index in [1.54, 1.807) is 23.1 Å². The molecule has 0 aliphatic carbocycles. The van der Waals surface area contributed by atoms with Gasteiger partial charge in [-0.25, -0.2) is 0 Å². The summed E-state index contributed by atoms with van der Waals surface area (Å²) in [4.78, 5) is 25.6. The van der Waals surface area contributed by atoms with E-state index in [0.717, 1.165) is 11.3 Å². The third-order valence-corrected chi connectivity index (χ3v) is 4.07. The summed E-state index contributed by atoms with van der Waals surface area (Å²) < 4.78 is 16.0. The summed E-state index contributed by atoms with van der Waals surface area (Å²) in [6, 6.07) is 12.9. The highest BCUT2D eigenvalue weighted by Crippen LogP contribution is 2.34. The highest BCUT2D eigenvalue weighted by Gasteiger charge is 2.26. The van der Waals surface area contributed by atoms with E-state index in [4.69, 9.17) is 14.2 Å².